The van der Waals surface area contributed by atoms with Gasteiger partial charge in [-0.25, -0.2) is 20.4 Å². The number of carbonyl (C=O) groups excluding carboxylic acids is 3. The number of amides is 1. The molecule has 0 rings (SSSR count). The summed E-state index contributed by atoms with van der Waals surface area (Å²) in [6.45, 7) is 0. The first-order valence-corrected chi connectivity index (χ1v) is 2.30. The Morgan fingerprint density at radius 1 is 1.18 bits per heavy atom. The maximum Gasteiger partial charge on any atom is 0.231 e. The molecule has 62 valence electrons. The highest BCUT2D eigenvalue weighted by atomic mass is 16.1. The number of carbonyl (C=O) groups is 1. The number of hydrogen-bond acceptors (Lipinski definition) is 5. The number of nitrogens with one attached hydrogen (secondary N) is 2. The van der Waals surface area contributed by atoms with Crippen molar-refractivity contribution >= 4 is 18.6 Å². The second-order valence-corrected chi connectivity index (χ2v) is 1.27. The topological polar surface area (TPSA) is 102 Å². The van der Waals surface area contributed by atoms with Gasteiger partial charge in [-0.1, -0.05) is 0 Å². The molecule has 0 aromatic rings. The molecule has 0 aliphatic carbocycles. The van der Waals surface area contributed by atoms with E-state index in [1.54, 1.807) is 14.1 Å². The van der Waals surface area contributed by atoms with Crippen molar-refractivity contribution in [1.82, 2.24) is 4.90 Å². The van der Waals surface area contributed by atoms with Gasteiger partial charge in [-0.15, -0.1) is 0 Å². The van der Waals surface area contributed by atoms with Crippen molar-refractivity contribution in [3.8, 4) is 0 Å². The lowest BCUT2D eigenvalue weighted by Crippen LogP contribution is -2.06. The third kappa shape index (κ3) is 6040. The minimum absolute atomic E-state index is 0.750. The third-order valence-electron chi connectivity index (χ3n) is 0.211. The van der Waals surface area contributed by atoms with Crippen molar-refractivity contribution in [3.05, 3.63) is 0 Å². The Bertz CT molecular complexity index is 131. The summed E-state index contributed by atoms with van der Waals surface area (Å²) in [7, 11) is 3.38. The molecule has 0 fully saturated rings. The van der Waals surface area contributed by atoms with Crippen LogP contribution in [0, 0.1) is 10.8 Å². The van der Waals surface area contributed by atoms with Gasteiger partial charge in [0.1, 0.15) is 0 Å². The van der Waals surface area contributed by atoms with Gasteiger partial charge >= 0.3 is 0 Å². The molecule has 11 heavy (non-hydrogen) atoms. The van der Waals surface area contributed by atoms with E-state index < -0.39 is 0 Å². The minimum atomic E-state index is 0.750. The smallest absolute Gasteiger partial charge is 0.231 e. The predicted molar refractivity (Wildman–Crippen MR) is 36.6 cm³/mol. The van der Waals surface area contributed by atoms with Gasteiger partial charge < -0.3 is 4.90 Å². The van der Waals surface area contributed by atoms with Crippen LogP contribution in [0.4, 0.5) is 0 Å². The average Bonchev–Trinajstić information content (AvgIpc) is 1.91. The summed E-state index contributed by atoms with van der Waals surface area (Å²) >= 11 is 0. The van der Waals surface area contributed by atoms with Crippen LogP contribution in [-0.2, 0) is 14.4 Å². The van der Waals surface area contributed by atoms with E-state index in [0.29, 0.717) is 0 Å². The number of rotatable bonds is 1. The molecular formula is C5H9N3O3. The van der Waals surface area contributed by atoms with Gasteiger partial charge in [0, 0.05) is 14.1 Å². The Hall–Kier alpha value is -1.77. The number of nitrogens with zero attached hydrogens (tertiary/aromatic N) is 1. The average molecular weight is 159 g/mol. The zero-order valence-corrected chi connectivity index (χ0v) is 6.25. The first-order chi connectivity index (χ1) is 5.10. The first-order valence-electron chi connectivity index (χ1n) is 2.30. The van der Waals surface area contributed by atoms with Crippen LogP contribution in [0.5, 0.6) is 0 Å². The van der Waals surface area contributed by atoms with Crippen LogP contribution in [-0.4, -0.2) is 37.6 Å². The molecule has 0 aromatic heterocycles. The molecule has 0 aromatic carbocycles. The molecule has 0 unspecified atom stereocenters. The zero-order valence-electron chi connectivity index (χ0n) is 6.25. The van der Waals surface area contributed by atoms with Gasteiger partial charge in [0.2, 0.25) is 18.6 Å². The van der Waals surface area contributed by atoms with E-state index in [-0.39, 0.29) is 0 Å². The number of hydrogen-bond donors (Lipinski definition) is 2. The van der Waals surface area contributed by atoms with Gasteiger partial charge in [0.05, 0.1) is 0 Å². The van der Waals surface area contributed by atoms with Crippen LogP contribution >= 0.6 is 0 Å². The van der Waals surface area contributed by atoms with Crippen LogP contribution < -0.4 is 0 Å². The molecule has 0 bridgehead atoms. The molecule has 6 heteroatoms. The van der Waals surface area contributed by atoms with E-state index in [0.717, 1.165) is 18.6 Å². The summed E-state index contributed by atoms with van der Waals surface area (Å²) in [5.41, 5.74) is 0. The fourth-order valence-corrected chi connectivity index (χ4v) is 0. The van der Waals surface area contributed by atoms with Crippen molar-refractivity contribution in [3.63, 3.8) is 0 Å². The maximum absolute atomic E-state index is 9.43. The van der Waals surface area contributed by atoms with Crippen LogP contribution in [0.3, 0.4) is 0 Å². The van der Waals surface area contributed by atoms with E-state index in [4.69, 9.17) is 20.4 Å². The van der Waals surface area contributed by atoms with Crippen LogP contribution in [0.15, 0.2) is 0 Å². The minimum Gasteiger partial charge on any atom is -0.351 e. The molecule has 2 N–H and O–H groups in total. The lowest BCUT2D eigenvalue weighted by molar-refractivity contribution is -0.115. The highest BCUT2D eigenvalue weighted by Gasteiger charge is 1.68. The van der Waals surface area contributed by atoms with E-state index in [1.165, 1.54) is 4.90 Å². The molecule has 0 saturated carbocycles. The van der Waals surface area contributed by atoms with Crippen molar-refractivity contribution in [2.45, 2.75) is 0 Å². The normalized spacial score (nSPS) is 4.55. The van der Waals surface area contributed by atoms with E-state index in [9.17, 15) is 4.79 Å². The van der Waals surface area contributed by atoms with E-state index >= 15 is 0 Å². The second-order valence-electron chi connectivity index (χ2n) is 1.27. The van der Waals surface area contributed by atoms with Gasteiger partial charge in [0.25, 0.3) is 0 Å². The molecule has 0 saturated heterocycles. The molecule has 1 amide bonds. The first kappa shape index (κ1) is 16.1. The SMILES string of the molecule is CN(C)C=O.N=C=O.N=C=O. The molecular weight excluding hydrogens is 150 g/mol. The third-order valence-corrected chi connectivity index (χ3v) is 0.211. The van der Waals surface area contributed by atoms with E-state index in [2.05, 4.69) is 0 Å². The fourth-order valence-electron chi connectivity index (χ4n) is 0. The monoisotopic (exact) mass is 159 g/mol. The van der Waals surface area contributed by atoms with Crippen molar-refractivity contribution in [2.24, 2.45) is 0 Å². The lowest BCUT2D eigenvalue weighted by Gasteiger charge is -1.93. The summed E-state index contributed by atoms with van der Waals surface area (Å²) in [6.07, 6.45) is 2.25. The summed E-state index contributed by atoms with van der Waals surface area (Å²) in [6, 6.07) is 0. The lowest BCUT2D eigenvalue weighted by atomic mass is 11.0. The number of isocyanates is 2. The Balaban J connectivity index is -0.0000000933. The molecule has 0 heterocycles. The summed E-state index contributed by atoms with van der Waals surface area (Å²) < 4.78 is 0. The van der Waals surface area contributed by atoms with Gasteiger partial charge in [-0.2, -0.15) is 0 Å². The Kier molecular flexibility index (Phi) is 35.2. The highest BCUT2D eigenvalue weighted by molar-refractivity contribution is 5.45. The molecule has 0 atom stereocenters. The highest BCUT2D eigenvalue weighted by Crippen LogP contribution is 1.52. The van der Waals surface area contributed by atoms with Crippen LogP contribution in [0.2, 0.25) is 0 Å². The van der Waals surface area contributed by atoms with Gasteiger partial charge in [0.15, 0.2) is 0 Å². The van der Waals surface area contributed by atoms with E-state index in [1.807, 2.05) is 0 Å². The van der Waals surface area contributed by atoms with Gasteiger partial charge in [-0.05, 0) is 0 Å². The molecule has 0 aliphatic rings. The summed E-state index contributed by atoms with van der Waals surface area (Å²) in [5.74, 6) is 0. The molecule has 0 aliphatic heterocycles. The van der Waals surface area contributed by atoms with Crippen molar-refractivity contribution in [1.29, 1.82) is 10.8 Å². The molecule has 0 radical (unpaired) electrons. The Morgan fingerprint density at radius 3 is 1.27 bits per heavy atom. The quantitative estimate of drug-likeness (QED) is 0.306. The second kappa shape index (κ2) is 24.0. The van der Waals surface area contributed by atoms with Gasteiger partial charge in [-0.3, -0.25) is 4.79 Å². The Labute approximate surface area is 63.8 Å². The van der Waals surface area contributed by atoms with Crippen molar-refractivity contribution < 1.29 is 14.4 Å². The summed E-state index contributed by atoms with van der Waals surface area (Å²) in [5, 5.41) is 10.8. The Morgan fingerprint density at radius 2 is 1.27 bits per heavy atom. The largest absolute Gasteiger partial charge is 0.351 e. The van der Waals surface area contributed by atoms with Crippen LogP contribution in [0.25, 0.3) is 0 Å². The predicted octanol–water partition coefficient (Wildman–Crippen LogP) is -0.494. The van der Waals surface area contributed by atoms with Crippen molar-refractivity contribution in [2.75, 3.05) is 14.1 Å². The maximum atomic E-state index is 9.43. The summed E-state index contributed by atoms with van der Waals surface area (Å²) in [4.78, 5) is 27.6. The molecule has 0 spiro atoms. The standard InChI is InChI=1S/C3H7NO.2CHNO/c1-4(2)3-5;2*2-1-3/h3H,1-2H3;2*2H. The fraction of sp³-hybridized carbons (Fsp3) is 0.400. The van der Waals surface area contributed by atoms with Crippen LogP contribution in [0.1, 0.15) is 0 Å². The zero-order chi connectivity index (χ0) is 9.70. The molecule has 6 nitrogen and oxygen atoms in total.